The number of halogens is 3. The van der Waals surface area contributed by atoms with Crippen LogP contribution in [0.15, 0.2) is 156 Å². The number of furan rings is 1. The topological polar surface area (TPSA) is 38.9 Å². The van der Waals surface area contributed by atoms with Crippen LogP contribution in [0.3, 0.4) is 0 Å². The molecule has 7 heteroatoms. The molecule has 3 aromatic heterocycles. The molecular weight excluding hydrogens is 906 g/mol. The third-order valence-electron chi connectivity index (χ3n) is 9.80. The predicted molar refractivity (Wildman–Crippen MR) is 226 cm³/mol. The molecule has 3 heterocycles. The number of alkyl halides is 3. The molecule has 0 N–H and O–H groups in total. The SMILES string of the molecule is [2H]C([2H])([2H])c1ccc(-c2[c-]cc(C([2H])([2H])[2H])c(-c3ccccc3)c2)nc1.[2H]C([2H])(c1ccc(-c2ccnc(-c3[c-]ccc4c3oc3c5ccccc5ccc43)c2)cc1)C(C)(C)C(F)(F)F.[Ir]. The van der Waals surface area contributed by atoms with E-state index in [9.17, 15) is 13.2 Å². The minimum atomic E-state index is -4.70. The molecule has 0 saturated carbocycles. The minimum Gasteiger partial charge on any atom is -0.500 e. The van der Waals surface area contributed by atoms with E-state index in [0.29, 0.717) is 33.7 Å². The number of hydrogen-bond acceptors (Lipinski definition) is 3. The van der Waals surface area contributed by atoms with Gasteiger partial charge in [0.25, 0.3) is 0 Å². The van der Waals surface area contributed by atoms with Gasteiger partial charge in [-0.3, -0.25) is 0 Å². The fraction of sp³-hybridized carbons (Fsp3) is 0.137. The Morgan fingerprint density at radius 3 is 2.21 bits per heavy atom. The summed E-state index contributed by atoms with van der Waals surface area (Å²) in [5.74, 6) is 0. The van der Waals surface area contributed by atoms with Crippen molar-refractivity contribution in [3.8, 4) is 44.8 Å². The maximum Gasteiger partial charge on any atom is 0.394 e. The second-order valence-electron chi connectivity index (χ2n) is 14.1. The van der Waals surface area contributed by atoms with Gasteiger partial charge in [0.15, 0.2) is 0 Å². The van der Waals surface area contributed by atoms with Gasteiger partial charge in [0.05, 0.1) is 11.0 Å². The van der Waals surface area contributed by atoms with Crippen LogP contribution in [0, 0.1) is 31.3 Å². The van der Waals surface area contributed by atoms with Crippen LogP contribution in [0.5, 0.6) is 0 Å². The first kappa shape index (κ1) is 31.2. The summed E-state index contributed by atoms with van der Waals surface area (Å²) in [6.07, 6.45) is -4.33. The number of hydrogen-bond donors (Lipinski definition) is 0. The molecule has 0 saturated heterocycles. The number of pyridine rings is 2. The molecule has 6 aromatic carbocycles. The molecule has 0 aliphatic rings. The van der Waals surface area contributed by atoms with Crippen LogP contribution in [0.2, 0.25) is 0 Å². The summed E-state index contributed by atoms with van der Waals surface area (Å²) in [7, 11) is 0. The van der Waals surface area contributed by atoms with E-state index in [1.165, 1.54) is 30.5 Å². The Labute approximate surface area is 361 Å². The molecule has 0 atom stereocenters. The number of benzene rings is 6. The number of nitrogens with zero attached hydrogens (tertiary/aromatic N) is 2. The second-order valence-corrected chi connectivity index (χ2v) is 14.1. The van der Waals surface area contributed by atoms with E-state index in [-0.39, 0.29) is 36.8 Å². The third-order valence-corrected chi connectivity index (χ3v) is 9.80. The molecule has 0 amide bonds. The van der Waals surface area contributed by atoms with Crippen LogP contribution < -0.4 is 0 Å². The van der Waals surface area contributed by atoms with Crippen LogP contribution in [0.4, 0.5) is 13.2 Å². The van der Waals surface area contributed by atoms with Gasteiger partial charge in [-0.1, -0.05) is 146 Å². The van der Waals surface area contributed by atoms with Crippen LogP contribution in [-0.2, 0) is 26.5 Å². The predicted octanol–water partition coefficient (Wildman–Crippen LogP) is 14.2. The quantitative estimate of drug-likeness (QED) is 0.156. The summed E-state index contributed by atoms with van der Waals surface area (Å²) >= 11 is 0. The van der Waals surface area contributed by atoms with Gasteiger partial charge in [-0.05, 0) is 63.9 Å². The second kappa shape index (κ2) is 16.5. The molecule has 58 heavy (non-hydrogen) atoms. The largest absolute Gasteiger partial charge is 0.500 e. The van der Waals surface area contributed by atoms with E-state index in [1.54, 1.807) is 36.5 Å². The molecule has 3 nitrogen and oxygen atoms in total. The zero-order valence-corrected chi connectivity index (χ0v) is 33.6. The smallest absolute Gasteiger partial charge is 0.394 e. The minimum absolute atomic E-state index is 0. The fourth-order valence-corrected chi connectivity index (χ4v) is 6.63. The molecule has 9 rings (SSSR count). The average Bonchev–Trinajstić information content (AvgIpc) is 3.68. The summed E-state index contributed by atoms with van der Waals surface area (Å²) in [5, 5.41) is 4.06. The van der Waals surface area contributed by atoms with E-state index < -0.39 is 31.7 Å². The first-order valence-electron chi connectivity index (χ1n) is 22.1. The van der Waals surface area contributed by atoms with Crippen LogP contribution in [-0.4, -0.2) is 16.1 Å². The number of rotatable bonds is 6. The zero-order valence-electron chi connectivity index (χ0n) is 39.2. The zero-order chi connectivity index (χ0) is 46.5. The number of aromatic nitrogens is 2. The monoisotopic (exact) mass is 953 g/mol. The molecular formula is C51H39F3IrN2O-2. The van der Waals surface area contributed by atoms with Crippen molar-refractivity contribution in [2.75, 3.05) is 0 Å². The van der Waals surface area contributed by atoms with Crippen molar-refractivity contribution in [3.63, 3.8) is 0 Å². The molecule has 0 bridgehead atoms. The van der Waals surface area contributed by atoms with Gasteiger partial charge in [-0.2, -0.15) is 13.2 Å². The summed E-state index contributed by atoms with van der Waals surface area (Å²) in [5.41, 5.74) is 4.62. The van der Waals surface area contributed by atoms with Gasteiger partial charge in [0.1, 0.15) is 5.58 Å². The van der Waals surface area contributed by atoms with E-state index in [1.807, 2.05) is 72.8 Å². The van der Waals surface area contributed by atoms with E-state index >= 15 is 0 Å². The molecule has 0 spiro atoms. The average molecular weight is 953 g/mol. The Morgan fingerprint density at radius 1 is 0.690 bits per heavy atom. The summed E-state index contributed by atoms with van der Waals surface area (Å²) in [4.78, 5) is 8.77. The van der Waals surface area contributed by atoms with Crippen molar-refractivity contribution >= 4 is 32.7 Å². The molecule has 1 radical (unpaired) electrons. The van der Waals surface area contributed by atoms with Gasteiger partial charge in [0.2, 0.25) is 0 Å². The van der Waals surface area contributed by atoms with Crippen molar-refractivity contribution in [3.05, 3.63) is 181 Å². The van der Waals surface area contributed by atoms with Crippen molar-refractivity contribution in [1.82, 2.24) is 9.97 Å². The maximum atomic E-state index is 13.6. The molecule has 0 aliphatic heterocycles. The Balaban J connectivity index is 0.000000210. The summed E-state index contributed by atoms with van der Waals surface area (Å²) < 4.78 is 109. The normalized spacial score (nSPS) is 14.4. The molecule has 291 valence electrons. The molecule has 0 fully saturated rings. The Bertz CT molecular complexity index is 3170. The van der Waals surface area contributed by atoms with Crippen molar-refractivity contribution < 1.29 is 48.7 Å². The van der Waals surface area contributed by atoms with E-state index in [4.69, 9.17) is 15.4 Å². The summed E-state index contributed by atoms with van der Waals surface area (Å²) in [6, 6.07) is 47.5. The Kier molecular flexibility index (Phi) is 8.88. The fourth-order valence-electron chi connectivity index (χ4n) is 6.63. The van der Waals surface area contributed by atoms with Gasteiger partial charge in [-0.25, -0.2) is 0 Å². The van der Waals surface area contributed by atoms with Crippen molar-refractivity contribution in [1.29, 1.82) is 0 Å². The van der Waals surface area contributed by atoms with Gasteiger partial charge in [-0.15, -0.1) is 47.5 Å². The van der Waals surface area contributed by atoms with Gasteiger partial charge >= 0.3 is 6.18 Å². The first-order valence-corrected chi connectivity index (χ1v) is 18.1. The Morgan fingerprint density at radius 2 is 1.47 bits per heavy atom. The van der Waals surface area contributed by atoms with Crippen molar-refractivity contribution in [2.45, 2.75) is 40.1 Å². The van der Waals surface area contributed by atoms with E-state index in [0.717, 1.165) is 57.7 Å². The van der Waals surface area contributed by atoms with Crippen LogP contribution in [0.25, 0.3) is 77.5 Å². The van der Waals surface area contributed by atoms with Crippen LogP contribution >= 0.6 is 0 Å². The standard InChI is InChI=1S/C32H23F3NO.C19H16N.Ir/c1-31(2,32(33,34)35)19-20-10-12-21(13-11-20)23-16-17-36-28(18-23)27-9-5-8-25-26-15-14-22-6-3-4-7-24(22)29(26)37-30(25)27;1-14-8-11-19(20-13-14)17-10-9-15(2)18(12-17)16-6-4-3-5-7-16;/h3-8,10-18H,19H2,1-2H3;3-9,11-13H,1-2H3;/q2*-1;/i19D2;1D3,2D3;. The molecule has 9 aromatic rings. The van der Waals surface area contributed by atoms with E-state index in [2.05, 4.69) is 34.2 Å². The molecule has 0 unspecified atom stereocenters. The molecule has 0 aliphatic carbocycles. The number of aryl methyl sites for hydroxylation is 2. The first-order chi connectivity index (χ1) is 30.6. The van der Waals surface area contributed by atoms with Crippen molar-refractivity contribution in [2.24, 2.45) is 5.41 Å². The maximum absolute atomic E-state index is 13.6. The van der Waals surface area contributed by atoms with Gasteiger partial charge < -0.3 is 14.4 Å². The number of fused-ring (bicyclic) bond motifs is 5. The van der Waals surface area contributed by atoms with Gasteiger partial charge in [0, 0.05) is 54.2 Å². The van der Waals surface area contributed by atoms with Crippen LogP contribution in [0.1, 0.15) is 41.5 Å². The third kappa shape index (κ3) is 8.24. The Hall–Kier alpha value is -5.88. The summed E-state index contributed by atoms with van der Waals surface area (Å²) in [6.45, 7) is -2.71.